The SMILES string of the molecule is Cc1nc(-c2ccc(C(C)(C)C)cc2)nc(C(C)C)c1C(=O)N[C@@H](CCN)C(=O)N(C)[C@@H]1C(=O)N[C@@H](C)C(=O)N[C@H](C(=O)NCC#N)Cc2ccc(OCCN)c(c2)-c2cc1ccc2OCCN. The Morgan fingerprint density at radius 2 is 1.53 bits per heavy atom. The number of nitrogens with two attached hydrogens (primary N) is 3. The van der Waals surface area contributed by atoms with Gasteiger partial charge in [0.15, 0.2) is 5.82 Å². The number of amides is 5. The van der Waals surface area contributed by atoms with Gasteiger partial charge in [-0.25, -0.2) is 9.97 Å². The number of fused-ring (bicyclic) bond motifs is 5. The van der Waals surface area contributed by atoms with E-state index in [1.54, 1.807) is 43.3 Å². The van der Waals surface area contributed by atoms with E-state index >= 15 is 0 Å². The number of rotatable bonds is 16. The summed E-state index contributed by atoms with van der Waals surface area (Å²) in [6, 6.07) is 15.0. The Morgan fingerprint density at radius 3 is 2.12 bits per heavy atom. The van der Waals surface area contributed by atoms with Crippen molar-refractivity contribution >= 4 is 29.5 Å². The van der Waals surface area contributed by atoms with Crippen molar-refractivity contribution in [2.24, 2.45) is 17.2 Å². The van der Waals surface area contributed by atoms with Crippen LogP contribution in [0.15, 0.2) is 60.7 Å². The number of aryl methyl sites for hydroxylation is 1. The highest BCUT2D eigenvalue weighted by molar-refractivity contribution is 6.01. The zero-order chi connectivity index (χ0) is 49.9. The molecule has 1 aliphatic rings. The molecule has 0 fully saturated rings. The third-order valence-corrected chi connectivity index (χ3v) is 11.5. The summed E-state index contributed by atoms with van der Waals surface area (Å²) in [7, 11) is 1.42. The predicted molar refractivity (Wildman–Crippen MR) is 258 cm³/mol. The third-order valence-electron chi connectivity index (χ3n) is 11.5. The molecule has 18 nitrogen and oxygen atoms in total. The average Bonchev–Trinajstić information content (AvgIpc) is 3.30. The fourth-order valence-electron chi connectivity index (χ4n) is 7.90. The number of benzene rings is 3. The van der Waals surface area contributed by atoms with Crippen molar-refractivity contribution in [2.45, 2.75) is 96.8 Å². The molecule has 5 amide bonds. The molecule has 10 N–H and O–H groups in total. The number of carbonyl (C=O) groups excluding carboxylic acids is 5. The van der Waals surface area contributed by atoms with Crippen molar-refractivity contribution < 1.29 is 33.4 Å². The molecule has 5 rings (SSSR count). The predicted octanol–water partition coefficient (Wildman–Crippen LogP) is 3.05. The van der Waals surface area contributed by atoms with E-state index in [0.29, 0.717) is 51.0 Å². The molecule has 0 saturated carbocycles. The lowest BCUT2D eigenvalue weighted by Gasteiger charge is -2.32. The van der Waals surface area contributed by atoms with Crippen LogP contribution in [-0.2, 0) is 31.0 Å². The first kappa shape index (κ1) is 52.0. The Balaban J connectivity index is 1.60. The van der Waals surface area contributed by atoms with Crippen LogP contribution in [0, 0.1) is 18.3 Å². The number of nitriles is 1. The second-order valence-electron chi connectivity index (χ2n) is 18.1. The molecule has 1 aromatic heterocycles. The molecule has 0 aliphatic carbocycles. The van der Waals surface area contributed by atoms with Crippen LogP contribution in [0.5, 0.6) is 11.5 Å². The van der Waals surface area contributed by atoms with Gasteiger partial charge in [0, 0.05) is 43.2 Å². The summed E-state index contributed by atoms with van der Waals surface area (Å²) >= 11 is 0. The standard InChI is InChI=1S/C50H65N11O7/c1-28(2)42-41(29(3)56-44(60-42)32-10-13-34(14-11-32)50(5,6)7)47(64)58-37(17-18-51)49(66)61(8)43-33-12-16-40(68-24-21-54)36(27-33)35-25-31(9-15-39(35)67-23-20-53)26-38(46(63)55-22-19-52)59-45(62)30(4)57-48(43)65/h9-16,25,27-28,30,37-38,43H,17-18,20-24,26,51,53-54H2,1-8H3,(H,55,63)(H,57,65)(H,58,64)(H,59,62)/t30-,37-,38-,43-/m0/s1. The number of nitrogens with one attached hydrogen (secondary N) is 4. The van der Waals surface area contributed by atoms with Gasteiger partial charge in [-0.2, -0.15) is 5.26 Å². The Bertz CT molecular complexity index is 2520. The molecular formula is C50H65N11O7. The number of hydrogen-bond donors (Lipinski definition) is 7. The molecular weight excluding hydrogens is 867 g/mol. The fraction of sp³-hybridized carbons (Fsp3) is 0.440. The first-order valence-corrected chi connectivity index (χ1v) is 22.8. The van der Waals surface area contributed by atoms with Gasteiger partial charge in [-0.1, -0.05) is 71.0 Å². The molecule has 68 heavy (non-hydrogen) atoms. The monoisotopic (exact) mass is 932 g/mol. The van der Waals surface area contributed by atoms with Crippen molar-refractivity contribution in [3.05, 3.63) is 94.3 Å². The Hall–Kier alpha value is -6.94. The van der Waals surface area contributed by atoms with Gasteiger partial charge in [0.2, 0.25) is 23.6 Å². The molecule has 4 aromatic rings. The van der Waals surface area contributed by atoms with E-state index in [0.717, 1.165) is 11.1 Å². The number of carbonyl (C=O) groups is 5. The number of ether oxygens (including phenoxy) is 2. The smallest absolute Gasteiger partial charge is 0.255 e. The zero-order valence-corrected chi connectivity index (χ0v) is 40.2. The summed E-state index contributed by atoms with van der Waals surface area (Å²) in [6.07, 6.45) is -0.00126. The van der Waals surface area contributed by atoms with E-state index in [9.17, 15) is 29.2 Å². The topological polar surface area (TPSA) is 283 Å². The largest absolute Gasteiger partial charge is 0.492 e. The molecule has 0 saturated heterocycles. The second-order valence-corrected chi connectivity index (χ2v) is 18.1. The number of nitrogens with zero attached hydrogens (tertiary/aromatic N) is 4. The van der Waals surface area contributed by atoms with Crippen LogP contribution in [0.1, 0.15) is 98.4 Å². The van der Waals surface area contributed by atoms with Crippen LogP contribution in [0.4, 0.5) is 0 Å². The van der Waals surface area contributed by atoms with Gasteiger partial charge in [-0.05, 0) is 79.1 Å². The summed E-state index contributed by atoms with van der Waals surface area (Å²) in [5.41, 5.74) is 22.7. The highest BCUT2D eigenvalue weighted by atomic mass is 16.5. The molecule has 0 radical (unpaired) electrons. The minimum Gasteiger partial charge on any atom is -0.492 e. The van der Waals surface area contributed by atoms with Gasteiger partial charge in [0.25, 0.3) is 5.91 Å². The molecule has 0 spiro atoms. The molecule has 4 atom stereocenters. The Labute approximate surface area is 398 Å². The molecule has 1 aliphatic heterocycles. The molecule has 18 heteroatoms. The van der Waals surface area contributed by atoms with E-state index in [1.165, 1.54) is 18.9 Å². The van der Waals surface area contributed by atoms with E-state index in [4.69, 9.17) is 36.6 Å². The Morgan fingerprint density at radius 1 is 0.897 bits per heavy atom. The van der Waals surface area contributed by atoms with Crippen molar-refractivity contribution in [2.75, 3.05) is 46.4 Å². The van der Waals surface area contributed by atoms with Crippen molar-refractivity contribution in [3.63, 3.8) is 0 Å². The van der Waals surface area contributed by atoms with Crippen molar-refractivity contribution in [3.8, 4) is 40.1 Å². The zero-order valence-electron chi connectivity index (χ0n) is 40.2. The summed E-state index contributed by atoms with van der Waals surface area (Å²) in [5, 5.41) is 20.0. The van der Waals surface area contributed by atoms with E-state index < -0.39 is 53.7 Å². The van der Waals surface area contributed by atoms with Gasteiger partial charge in [-0.15, -0.1) is 0 Å². The van der Waals surface area contributed by atoms with Crippen LogP contribution in [0.25, 0.3) is 22.5 Å². The summed E-state index contributed by atoms with van der Waals surface area (Å²) in [4.78, 5) is 81.9. The maximum absolute atomic E-state index is 14.9. The van der Waals surface area contributed by atoms with Crippen LogP contribution in [0.2, 0.25) is 0 Å². The molecule has 362 valence electrons. The van der Waals surface area contributed by atoms with Crippen molar-refractivity contribution in [1.29, 1.82) is 5.26 Å². The van der Waals surface area contributed by atoms with E-state index in [1.807, 2.05) is 44.2 Å². The molecule has 4 bridgehead atoms. The molecule has 0 unspecified atom stereocenters. The maximum atomic E-state index is 14.9. The first-order valence-electron chi connectivity index (χ1n) is 22.8. The number of aromatic nitrogens is 2. The highest BCUT2D eigenvalue weighted by Crippen LogP contribution is 2.40. The molecule has 3 aromatic carbocycles. The van der Waals surface area contributed by atoms with Gasteiger partial charge >= 0.3 is 0 Å². The highest BCUT2D eigenvalue weighted by Gasteiger charge is 2.37. The lowest BCUT2D eigenvalue weighted by molar-refractivity contribution is -0.141. The molecule has 2 heterocycles. The fourth-order valence-corrected chi connectivity index (χ4v) is 7.90. The summed E-state index contributed by atoms with van der Waals surface area (Å²) in [6.45, 7) is 13.8. The van der Waals surface area contributed by atoms with E-state index in [-0.39, 0.29) is 69.1 Å². The van der Waals surface area contributed by atoms with Crippen LogP contribution in [0.3, 0.4) is 0 Å². The quantitative estimate of drug-likeness (QED) is 0.0797. The normalized spacial score (nSPS) is 16.6. The van der Waals surface area contributed by atoms with Crippen LogP contribution < -0.4 is 47.9 Å². The van der Waals surface area contributed by atoms with Gasteiger partial charge in [0.1, 0.15) is 55.4 Å². The van der Waals surface area contributed by atoms with Crippen LogP contribution >= 0.6 is 0 Å². The van der Waals surface area contributed by atoms with Gasteiger partial charge < -0.3 is 52.8 Å². The minimum absolute atomic E-state index is 0.000536. The number of hydrogen-bond acceptors (Lipinski definition) is 13. The second kappa shape index (κ2) is 23.2. The maximum Gasteiger partial charge on any atom is 0.255 e. The van der Waals surface area contributed by atoms with Gasteiger partial charge in [0.05, 0.1) is 23.0 Å². The average molecular weight is 932 g/mol. The third kappa shape index (κ3) is 12.5. The van der Waals surface area contributed by atoms with Crippen molar-refractivity contribution in [1.82, 2.24) is 36.1 Å². The lowest BCUT2D eigenvalue weighted by atomic mass is 9.86. The van der Waals surface area contributed by atoms with Gasteiger partial charge in [-0.3, -0.25) is 24.0 Å². The number of likely N-dealkylation sites (N-methyl/N-ethyl adjacent to an activating group) is 1. The minimum atomic E-state index is -1.41. The Kier molecular flexibility index (Phi) is 17.7. The summed E-state index contributed by atoms with van der Waals surface area (Å²) in [5.74, 6) is -2.30. The van der Waals surface area contributed by atoms with E-state index in [2.05, 4.69) is 42.0 Å². The summed E-state index contributed by atoms with van der Waals surface area (Å²) < 4.78 is 12.2. The van der Waals surface area contributed by atoms with Crippen LogP contribution in [-0.4, -0.2) is 109 Å². The lowest BCUT2D eigenvalue weighted by Crippen LogP contribution is -2.56. The first-order chi connectivity index (χ1) is 32.3.